The van der Waals surface area contributed by atoms with E-state index in [-0.39, 0.29) is 11.5 Å². The molecule has 0 radical (unpaired) electrons. The second-order valence-corrected chi connectivity index (χ2v) is 3.79. The molecule has 1 atom stereocenters. The van der Waals surface area contributed by atoms with E-state index in [1.165, 1.54) is 6.42 Å². The number of hydrogen-bond acceptors (Lipinski definition) is 3. The Hall–Kier alpha value is -1.22. The van der Waals surface area contributed by atoms with E-state index >= 15 is 0 Å². The summed E-state index contributed by atoms with van der Waals surface area (Å²) >= 11 is 0. The molecule has 1 aliphatic heterocycles. The first-order valence-corrected chi connectivity index (χ1v) is 5.00. The Morgan fingerprint density at radius 3 is 2.71 bits per heavy atom. The van der Waals surface area contributed by atoms with Crippen LogP contribution in [0.2, 0.25) is 0 Å². The van der Waals surface area contributed by atoms with E-state index in [9.17, 15) is 10.2 Å². The van der Waals surface area contributed by atoms with Crippen LogP contribution in [0.3, 0.4) is 0 Å². The first-order valence-electron chi connectivity index (χ1n) is 5.00. The number of aromatic hydroxyl groups is 2. The molecule has 0 spiro atoms. The fraction of sp³-hybridized carbons (Fsp3) is 0.455. The standard InChI is InChI=1S/C11H15NO2/c13-10-4-3-8(6-11(10)14)9-2-1-5-12-7-9/h3-4,6,9,12-14H,1-2,5,7H2. The largest absolute Gasteiger partial charge is 0.504 e. The maximum absolute atomic E-state index is 9.36. The Kier molecular flexibility index (Phi) is 2.59. The molecule has 3 N–H and O–H groups in total. The summed E-state index contributed by atoms with van der Waals surface area (Å²) in [5, 5.41) is 21.9. The Labute approximate surface area is 83.4 Å². The van der Waals surface area contributed by atoms with E-state index in [0.29, 0.717) is 5.92 Å². The number of benzene rings is 1. The van der Waals surface area contributed by atoms with Gasteiger partial charge in [0.15, 0.2) is 11.5 Å². The molecule has 2 rings (SSSR count). The third kappa shape index (κ3) is 1.82. The fourth-order valence-corrected chi connectivity index (χ4v) is 1.93. The van der Waals surface area contributed by atoms with Crippen molar-refractivity contribution in [3.05, 3.63) is 23.8 Å². The molecule has 1 unspecified atom stereocenters. The summed E-state index contributed by atoms with van der Waals surface area (Å²) in [5.41, 5.74) is 1.10. The minimum absolute atomic E-state index is 0.0203. The van der Waals surface area contributed by atoms with Gasteiger partial charge in [-0.3, -0.25) is 0 Å². The van der Waals surface area contributed by atoms with Crippen LogP contribution in [-0.4, -0.2) is 23.3 Å². The highest BCUT2D eigenvalue weighted by molar-refractivity contribution is 5.41. The monoisotopic (exact) mass is 193 g/mol. The molecule has 3 heteroatoms. The quantitative estimate of drug-likeness (QED) is 0.593. The molecule has 1 fully saturated rings. The molecule has 3 nitrogen and oxygen atoms in total. The van der Waals surface area contributed by atoms with Crippen LogP contribution in [0, 0.1) is 0 Å². The van der Waals surface area contributed by atoms with E-state index in [4.69, 9.17) is 0 Å². The van der Waals surface area contributed by atoms with Gasteiger partial charge in [0.1, 0.15) is 0 Å². The molecule has 1 saturated heterocycles. The lowest BCUT2D eigenvalue weighted by Gasteiger charge is -2.23. The van der Waals surface area contributed by atoms with Crippen molar-refractivity contribution in [3.8, 4) is 11.5 Å². The maximum atomic E-state index is 9.36. The molecule has 1 aromatic rings. The Morgan fingerprint density at radius 2 is 2.07 bits per heavy atom. The summed E-state index contributed by atoms with van der Waals surface area (Å²) in [7, 11) is 0. The van der Waals surface area contributed by atoms with Gasteiger partial charge >= 0.3 is 0 Å². The van der Waals surface area contributed by atoms with Crippen molar-refractivity contribution in [2.75, 3.05) is 13.1 Å². The Morgan fingerprint density at radius 1 is 1.21 bits per heavy atom. The van der Waals surface area contributed by atoms with Gasteiger partial charge in [0.2, 0.25) is 0 Å². The SMILES string of the molecule is Oc1ccc(C2CCCNC2)cc1O. The average Bonchev–Trinajstić information content (AvgIpc) is 2.23. The molecule has 0 aromatic heterocycles. The van der Waals surface area contributed by atoms with Gasteiger partial charge in [-0.05, 0) is 43.0 Å². The molecule has 0 saturated carbocycles. The first-order chi connectivity index (χ1) is 6.77. The topological polar surface area (TPSA) is 52.5 Å². The molecule has 0 aliphatic carbocycles. The second kappa shape index (κ2) is 3.88. The van der Waals surface area contributed by atoms with Crippen LogP contribution >= 0.6 is 0 Å². The molecule has 76 valence electrons. The molecular formula is C11H15NO2. The lowest BCUT2D eigenvalue weighted by molar-refractivity contribution is 0.400. The van der Waals surface area contributed by atoms with Crippen LogP contribution in [-0.2, 0) is 0 Å². The molecule has 1 heterocycles. The number of nitrogens with one attached hydrogen (secondary N) is 1. The van der Waals surface area contributed by atoms with Crippen molar-refractivity contribution in [3.63, 3.8) is 0 Å². The van der Waals surface area contributed by atoms with E-state index in [1.807, 2.05) is 6.07 Å². The van der Waals surface area contributed by atoms with Gasteiger partial charge in [-0.15, -0.1) is 0 Å². The van der Waals surface area contributed by atoms with E-state index in [1.54, 1.807) is 12.1 Å². The van der Waals surface area contributed by atoms with Crippen molar-refractivity contribution in [2.24, 2.45) is 0 Å². The van der Waals surface area contributed by atoms with E-state index in [2.05, 4.69) is 5.32 Å². The molecule has 1 aromatic carbocycles. The van der Waals surface area contributed by atoms with Crippen LogP contribution in [0.4, 0.5) is 0 Å². The molecule has 0 amide bonds. The van der Waals surface area contributed by atoms with E-state index < -0.39 is 0 Å². The number of piperidine rings is 1. The lowest BCUT2D eigenvalue weighted by atomic mass is 9.91. The first kappa shape index (κ1) is 9.34. The van der Waals surface area contributed by atoms with Gasteiger partial charge in [0, 0.05) is 6.54 Å². The smallest absolute Gasteiger partial charge is 0.157 e. The molecule has 14 heavy (non-hydrogen) atoms. The summed E-state index contributed by atoms with van der Waals surface area (Å²) in [6, 6.07) is 5.10. The summed E-state index contributed by atoms with van der Waals surface area (Å²) in [6.45, 7) is 2.05. The number of rotatable bonds is 1. The van der Waals surface area contributed by atoms with Crippen LogP contribution in [0.5, 0.6) is 11.5 Å². The van der Waals surface area contributed by atoms with Gasteiger partial charge in [0.05, 0.1) is 0 Å². The predicted molar refractivity (Wildman–Crippen MR) is 54.6 cm³/mol. The van der Waals surface area contributed by atoms with Crippen LogP contribution in [0.25, 0.3) is 0 Å². The molecule has 0 bridgehead atoms. The van der Waals surface area contributed by atoms with Gasteiger partial charge in [-0.1, -0.05) is 6.07 Å². The van der Waals surface area contributed by atoms with Gasteiger partial charge in [-0.25, -0.2) is 0 Å². The van der Waals surface area contributed by atoms with Crippen molar-refractivity contribution >= 4 is 0 Å². The molecular weight excluding hydrogens is 178 g/mol. The predicted octanol–water partition coefficient (Wildman–Crippen LogP) is 1.56. The normalized spacial score (nSPS) is 22.1. The maximum Gasteiger partial charge on any atom is 0.157 e. The Bertz CT molecular complexity index is 319. The zero-order valence-corrected chi connectivity index (χ0v) is 8.03. The van der Waals surface area contributed by atoms with Crippen molar-refractivity contribution < 1.29 is 10.2 Å². The summed E-state index contributed by atoms with van der Waals surface area (Å²) < 4.78 is 0. The third-order valence-corrected chi connectivity index (χ3v) is 2.77. The van der Waals surface area contributed by atoms with Gasteiger partial charge < -0.3 is 15.5 Å². The zero-order chi connectivity index (χ0) is 9.97. The third-order valence-electron chi connectivity index (χ3n) is 2.77. The number of phenolic OH excluding ortho intramolecular Hbond substituents is 2. The second-order valence-electron chi connectivity index (χ2n) is 3.79. The lowest BCUT2D eigenvalue weighted by Crippen LogP contribution is -2.28. The van der Waals surface area contributed by atoms with Crippen molar-refractivity contribution in [1.82, 2.24) is 5.32 Å². The minimum atomic E-state index is -0.0440. The van der Waals surface area contributed by atoms with Crippen molar-refractivity contribution in [1.29, 1.82) is 0 Å². The van der Waals surface area contributed by atoms with E-state index in [0.717, 1.165) is 25.1 Å². The van der Waals surface area contributed by atoms with Gasteiger partial charge in [-0.2, -0.15) is 0 Å². The zero-order valence-electron chi connectivity index (χ0n) is 8.03. The number of hydrogen-bond donors (Lipinski definition) is 3. The number of phenols is 2. The summed E-state index contributed by atoms with van der Waals surface area (Å²) in [5.74, 6) is 0.404. The molecule has 1 aliphatic rings. The highest BCUT2D eigenvalue weighted by atomic mass is 16.3. The fourth-order valence-electron chi connectivity index (χ4n) is 1.93. The van der Waals surface area contributed by atoms with Crippen molar-refractivity contribution in [2.45, 2.75) is 18.8 Å². The summed E-state index contributed by atoms with van der Waals surface area (Å²) in [4.78, 5) is 0. The van der Waals surface area contributed by atoms with Crippen LogP contribution in [0.1, 0.15) is 24.3 Å². The van der Waals surface area contributed by atoms with Gasteiger partial charge in [0.25, 0.3) is 0 Å². The Balaban J connectivity index is 2.18. The highest BCUT2D eigenvalue weighted by Gasteiger charge is 2.15. The van der Waals surface area contributed by atoms with Crippen LogP contribution in [0.15, 0.2) is 18.2 Å². The summed E-state index contributed by atoms with van der Waals surface area (Å²) in [6.07, 6.45) is 2.32. The highest BCUT2D eigenvalue weighted by Crippen LogP contribution is 2.30. The van der Waals surface area contributed by atoms with Crippen LogP contribution < -0.4 is 5.32 Å². The minimum Gasteiger partial charge on any atom is -0.504 e. The average molecular weight is 193 g/mol.